The molecule has 0 heterocycles. The highest BCUT2D eigenvalue weighted by Crippen LogP contribution is 2.26. The third-order valence-electron chi connectivity index (χ3n) is 3.46. The molecule has 0 aromatic heterocycles. The molecule has 132 valence electrons. The summed E-state index contributed by atoms with van der Waals surface area (Å²) in [6, 6.07) is 10.8. The summed E-state index contributed by atoms with van der Waals surface area (Å²) in [7, 11) is -3.74. The van der Waals surface area contributed by atoms with Gasteiger partial charge in [-0.2, -0.15) is 0 Å². The number of rotatable bonds is 5. The van der Waals surface area contributed by atoms with Crippen molar-refractivity contribution >= 4 is 45.2 Å². The fraction of sp³-hybridized carbons (Fsp3) is 0.118. The maximum absolute atomic E-state index is 12.0. The van der Waals surface area contributed by atoms with Crippen LogP contribution in [0.5, 0.6) is 0 Å². The first-order chi connectivity index (χ1) is 11.7. The molecule has 0 bridgehead atoms. The van der Waals surface area contributed by atoms with Crippen molar-refractivity contribution in [1.82, 2.24) is 5.32 Å². The van der Waals surface area contributed by atoms with Gasteiger partial charge in [-0.05, 0) is 42.3 Å². The van der Waals surface area contributed by atoms with Crippen LogP contribution >= 0.6 is 23.2 Å². The van der Waals surface area contributed by atoms with E-state index in [1.54, 1.807) is 43.3 Å². The lowest BCUT2D eigenvalue weighted by molar-refractivity contribution is -0.117. The number of primary sulfonamides is 1. The van der Waals surface area contributed by atoms with Crippen LogP contribution in [0.25, 0.3) is 6.08 Å². The second kappa shape index (κ2) is 8.01. The van der Waals surface area contributed by atoms with Crippen LogP contribution in [0, 0.1) is 0 Å². The van der Waals surface area contributed by atoms with Gasteiger partial charge in [0.25, 0.3) is 0 Å². The van der Waals surface area contributed by atoms with Gasteiger partial charge in [0, 0.05) is 6.08 Å². The van der Waals surface area contributed by atoms with E-state index < -0.39 is 10.0 Å². The molecule has 2 rings (SSSR count). The molecule has 0 saturated carbocycles. The van der Waals surface area contributed by atoms with Gasteiger partial charge in [0.2, 0.25) is 15.9 Å². The van der Waals surface area contributed by atoms with Crippen LogP contribution in [0.4, 0.5) is 0 Å². The number of hydrogen-bond donors (Lipinski definition) is 2. The van der Waals surface area contributed by atoms with Crippen molar-refractivity contribution in [3.8, 4) is 0 Å². The zero-order chi connectivity index (χ0) is 18.6. The Kier molecular flexibility index (Phi) is 6.24. The molecule has 2 aromatic rings. The highest BCUT2D eigenvalue weighted by molar-refractivity contribution is 7.89. The van der Waals surface area contributed by atoms with Crippen LogP contribution in [0.15, 0.2) is 53.4 Å². The molecule has 0 radical (unpaired) electrons. The van der Waals surface area contributed by atoms with Gasteiger partial charge in [-0.3, -0.25) is 4.79 Å². The van der Waals surface area contributed by atoms with Crippen molar-refractivity contribution in [2.45, 2.75) is 17.9 Å². The topological polar surface area (TPSA) is 89.3 Å². The number of sulfonamides is 1. The quantitative estimate of drug-likeness (QED) is 0.754. The van der Waals surface area contributed by atoms with Crippen molar-refractivity contribution in [2.24, 2.45) is 5.14 Å². The van der Waals surface area contributed by atoms with Gasteiger partial charge in [-0.25, -0.2) is 13.6 Å². The van der Waals surface area contributed by atoms with Crippen molar-refractivity contribution < 1.29 is 13.2 Å². The van der Waals surface area contributed by atoms with Crippen LogP contribution < -0.4 is 10.5 Å². The number of halogens is 2. The number of hydrogen-bond acceptors (Lipinski definition) is 3. The average molecular weight is 399 g/mol. The standard InChI is InChI=1S/C17H16Cl2N2O3S/c1-11(12-5-8-14(9-6-12)25(20,23)24)21-16(22)10-7-13-3-2-4-15(18)17(13)19/h2-11H,1H3,(H,21,22)(H2,20,23,24)/b10-7+. The minimum atomic E-state index is -3.74. The summed E-state index contributed by atoms with van der Waals surface area (Å²) >= 11 is 12.0. The van der Waals surface area contributed by atoms with Crippen molar-refractivity contribution in [2.75, 3.05) is 0 Å². The Morgan fingerprint density at radius 1 is 1.16 bits per heavy atom. The highest BCUT2D eigenvalue weighted by Gasteiger charge is 2.11. The summed E-state index contributed by atoms with van der Waals surface area (Å²) in [6.07, 6.45) is 2.92. The average Bonchev–Trinajstić information content (AvgIpc) is 2.55. The van der Waals surface area contributed by atoms with E-state index in [2.05, 4.69) is 5.32 Å². The Bertz CT molecular complexity index is 910. The van der Waals surface area contributed by atoms with Crippen LogP contribution in [0.2, 0.25) is 10.0 Å². The zero-order valence-corrected chi connectivity index (χ0v) is 15.6. The molecule has 0 aliphatic rings. The summed E-state index contributed by atoms with van der Waals surface area (Å²) < 4.78 is 22.5. The molecule has 0 spiro atoms. The normalized spacial score (nSPS) is 13.0. The zero-order valence-electron chi connectivity index (χ0n) is 13.2. The molecule has 0 saturated heterocycles. The number of carbonyl (C=O) groups excluding carboxylic acids is 1. The van der Waals surface area contributed by atoms with Gasteiger partial charge in [0.05, 0.1) is 21.0 Å². The molecule has 1 amide bonds. The maximum atomic E-state index is 12.0. The van der Waals surface area contributed by atoms with Gasteiger partial charge < -0.3 is 5.32 Å². The van der Waals surface area contributed by atoms with Crippen LogP contribution in [-0.2, 0) is 14.8 Å². The highest BCUT2D eigenvalue weighted by atomic mass is 35.5. The smallest absolute Gasteiger partial charge is 0.244 e. The second-order valence-corrected chi connectivity index (χ2v) is 7.67. The Morgan fingerprint density at radius 3 is 2.40 bits per heavy atom. The van der Waals surface area contributed by atoms with Gasteiger partial charge in [0.1, 0.15) is 0 Å². The number of carbonyl (C=O) groups is 1. The monoisotopic (exact) mass is 398 g/mol. The van der Waals surface area contributed by atoms with Crippen molar-refractivity contribution in [3.05, 3.63) is 69.7 Å². The predicted octanol–water partition coefficient (Wildman–Crippen LogP) is 3.53. The second-order valence-electron chi connectivity index (χ2n) is 5.32. The molecule has 1 unspecified atom stereocenters. The van der Waals surface area contributed by atoms with Crippen LogP contribution in [0.3, 0.4) is 0 Å². The van der Waals surface area contributed by atoms with E-state index in [9.17, 15) is 13.2 Å². The maximum Gasteiger partial charge on any atom is 0.244 e. The molecule has 3 N–H and O–H groups in total. The predicted molar refractivity (Wildman–Crippen MR) is 99.9 cm³/mol. The summed E-state index contributed by atoms with van der Waals surface area (Å²) in [5, 5.41) is 8.62. The molecule has 8 heteroatoms. The lowest BCUT2D eigenvalue weighted by atomic mass is 10.1. The lowest BCUT2D eigenvalue weighted by Crippen LogP contribution is -2.24. The SMILES string of the molecule is CC(NC(=O)/C=C/c1cccc(Cl)c1Cl)c1ccc(S(N)(=O)=O)cc1. The Balaban J connectivity index is 2.05. The summed E-state index contributed by atoms with van der Waals surface area (Å²) in [4.78, 5) is 12.1. The molecule has 2 aromatic carbocycles. The summed E-state index contributed by atoms with van der Waals surface area (Å²) in [6.45, 7) is 1.78. The number of nitrogens with two attached hydrogens (primary N) is 1. The third-order valence-corrected chi connectivity index (χ3v) is 5.23. The first kappa shape index (κ1) is 19.5. The molecular formula is C17H16Cl2N2O3S. The molecule has 0 aliphatic carbocycles. The Hall–Kier alpha value is -1.86. The number of nitrogens with one attached hydrogen (secondary N) is 1. The minimum absolute atomic E-state index is 0.0188. The fourth-order valence-corrected chi connectivity index (χ4v) is 2.99. The summed E-state index contributed by atoms with van der Waals surface area (Å²) in [5.74, 6) is -0.320. The van der Waals surface area contributed by atoms with E-state index in [1.807, 2.05) is 0 Å². The first-order valence-corrected chi connectivity index (χ1v) is 9.54. The molecule has 5 nitrogen and oxygen atoms in total. The first-order valence-electron chi connectivity index (χ1n) is 7.24. The van der Waals surface area contributed by atoms with E-state index in [0.717, 1.165) is 5.56 Å². The molecule has 0 aliphatic heterocycles. The van der Waals surface area contributed by atoms with Crippen LogP contribution in [-0.4, -0.2) is 14.3 Å². The number of amides is 1. The minimum Gasteiger partial charge on any atom is -0.346 e. The Labute approximate surface area is 156 Å². The van der Waals surface area contributed by atoms with Crippen molar-refractivity contribution in [3.63, 3.8) is 0 Å². The third kappa shape index (κ3) is 5.31. The number of benzene rings is 2. The van der Waals surface area contributed by atoms with Crippen LogP contribution in [0.1, 0.15) is 24.1 Å². The molecular weight excluding hydrogens is 383 g/mol. The van der Waals surface area contributed by atoms with E-state index in [0.29, 0.717) is 15.6 Å². The largest absolute Gasteiger partial charge is 0.346 e. The van der Waals surface area contributed by atoms with Gasteiger partial charge in [0.15, 0.2) is 0 Å². The van der Waals surface area contributed by atoms with Crippen molar-refractivity contribution in [1.29, 1.82) is 0 Å². The molecule has 25 heavy (non-hydrogen) atoms. The lowest BCUT2D eigenvalue weighted by Gasteiger charge is -2.13. The van der Waals surface area contributed by atoms with E-state index >= 15 is 0 Å². The van der Waals surface area contributed by atoms with E-state index in [1.165, 1.54) is 18.2 Å². The van der Waals surface area contributed by atoms with E-state index in [4.69, 9.17) is 28.3 Å². The Morgan fingerprint density at radius 2 is 1.80 bits per heavy atom. The molecule has 1 atom stereocenters. The van der Waals surface area contributed by atoms with Gasteiger partial charge in [-0.1, -0.05) is 47.5 Å². The van der Waals surface area contributed by atoms with E-state index in [-0.39, 0.29) is 16.8 Å². The van der Waals surface area contributed by atoms with Gasteiger partial charge in [-0.15, -0.1) is 0 Å². The summed E-state index contributed by atoms with van der Waals surface area (Å²) in [5.41, 5.74) is 1.38. The molecule has 0 fully saturated rings. The van der Waals surface area contributed by atoms with Gasteiger partial charge >= 0.3 is 0 Å². The fourth-order valence-electron chi connectivity index (χ4n) is 2.11.